The Bertz CT molecular complexity index is 917. The summed E-state index contributed by atoms with van der Waals surface area (Å²) in [5, 5.41) is 3.53. The molecule has 1 amide bonds. The van der Waals surface area contributed by atoms with Crippen molar-refractivity contribution >= 4 is 11.7 Å². The van der Waals surface area contributed by atoms with Crippen molar-refractivity contribution in [2.75, 3.05) is 38.5 Å². The van der Waals surface area contributed by atoms with Gasteiger partial charge >= 0.3 is 0 Å². The molecule has 0 radical (unpaired) electrons. The van der Waals surface area contributed by atoms with Crippen LogP contribution in [0.3, 0.4) is 0 Å². The molecule has 31 heavy (non-hydrogen) atoms. The van der Waals surface area contributed by atoms with Crippen LogP contribution < -0.4 is 5.32 Å². The van der Waals surface area contributed by atoms with Crippen LogP contribution in [0.25, 0.3) is 0 Å². The second-order valence-electron chi connectivity index (χ2n) is 8.80. The zero-order valence-electron chi connectivity index (χ0n) is 18.5. The van der Waals surface area contributed by atoms with Gasteiger partial charge in [0.25, 0.3) is 0 Å². The number of amides is 1. The predicted octanol–water partition coefficient (Wildman–Crippen LogP) is 3.37. The molecule has 2 aliphatic heterocycles. The molecule has 6 nitrogen and oxygen atoms in total. The molecule has 1 aromatic heterocycles. The fraction of sp³-hybridized carbons (Fsp3) is 0.542. The number of piperidine rings is 1. The molecular formula is C24H32FN5O. The minimum Gasteiger partial charge on any atom is -0.370 e. The van der Waals surface area contributed by atoms with Crippen LogP contribution >= 0.6 is 0 Å². The zero-order valence-corrected chi connectivity index (χ0v) is 18.5. The van der Waals surface area contributed by atoms with Crippen molar-refractivity contribution in [3.63, 3.8) is 0 Å². The first-order valence-corrected chi connectivity index (χ1v) is 11.3. The zero-order chi connectivity index (χ0) is 21.8. The lowest BCUT2D eigenvalue weighted by Gasteiger charge is -2.32. The fourth-order valence-electron chi connectivity index (χ4n) is 4.56. The van der Waals surface area contributed by atoms with Crippen molar-refractivity contribution < 1.29 is 9.18 Å². The number of rotatable bonds is 6. The third-order valence-corrected chi connectivity index (χ3v) is 6.36. The minimum atomic E-state index is -0.203. The van der Waals surface area contributed by atoms with Crippen molar-refractivity contribution in [1.82, 2.24) is 19.8 Å². The summed E-state index contributed by atoms with van der Waals surface area (Å²) in [6.45, 7) is 5.79. The second kappa shape index (κ2) is 9.73. The van der Waals surface area contributed by atoms with E-state index < -0.39 is 0 Å². The lowest BCUT2D eigenvalue weighted by Crippen LogP contribution is -2.36. The van der Waals surface area contributed by atoms with Crippen LogP contribution in [0.1, 0.15) is 54.7 Å². The van der Waals surface area contributed by atoms with E-state index in [0.29, 0.717) is 19.0 Å². The van der Waals surface area contributed by atoms with E-state index in [1.165, 1.54) is 18.6 Å². The summed E-state index contributed by atoms with van der Waals surface area (Å²) in [5.74, 6) is 2.05. The van der Waals surface area contributed by atoms with Crippen LogP contribution in [-0.4, -0.2) is 58.9 Å². The van der Waals surface area contributed by atoms with E-state index in [9.17, 15) is 9.18 Å². The Morgan fingerprint density at radius 1 is 1.23 bits per heavy atom. The largest absolute Gasteiger partial charge is 0.370 e. The summed E-state index contributed by atoms with van der Waals surface area (Å²) in [5.41, 5.74) is 3.26. The maximum absolute atomic E-state index is 13.1. The highest BCUT2D eigenvalue weighted by atomic mass is 19.1. The number of anilines is 1. The number of likely N-dealkylation sites (tertiary alicyclic amines) is 1. The molecule has 1 fully saturated rings. The number of nitrogens with zero attached hydrogens (tertiary/aromatic N) is 4. The second-order valence-corrected chi connectivity index (χ2v) is 8.80. The molecular weight excluding hydrogens is 393 g/mol. The smallest absolute Gasteiger partial charge is 0.219 e. The Morgan fingerprint density at radius 2 is 2.03 bits per heavy atom. The summed E-state index contributed by atoms with van der Waals surface area (Å²) in [6.07, 6.45) is 4.85. The van der Waals surface area contributed by atoms with Gasteiger partial charge in [-0.1, -0.05) is 12.1 Å². The summed E-state index contributed by atoms with van der Waals surface area (Å²) >= 11 is 0. The van der Waals surface area contributed by atoms with Crippen molar-refractivity contribution in [2.24, 2.45) is 0 Å². The lowest BCUT2D eigenvalue weighted by molar-refractivity contribution is -0.129. The molecule has 0 saturated carbocycles. The van der Waals surface area contributed by atoms with Gasteiger partial charge in [-0.15, -0.1) is 0 Å². The number of likely N-dealkylation sites (N-methyl/N-ethyl adjacent to an activating group) is 1. The van der Waals surface area contributed by atoms with E-state index in [0.717, 1.165) is 73.8 Å². The van der Waals surface area contributed by atoms with Crippen molar-refractivity contribution in [3.05, 3.63) is 52.7 Å². The maximum atomic E-state index is 13.1. The first kappa shape index (κ1) is 21.7. The average molecular weight is 426 g/mol. The summed E-state index contributed by atoms with van der Waals surface area (Å²) in [6, 6.07) is 6.69. The van der Waals surface area contributed by atoms with Gasteiger partial charge in [-0.25, -0.2) is 14.4 Å². The van der Waals surface area contributed by atoms with Gasteiger partial charge in [0.15, 0.2) is 0 Å². The molecule has 0 unspecified atom stereocenters. The maximum Gasteiger partial charge on any atom is 0.219 e. The Kier molecular flexibility index (Phi) is 6.80. The molecule has 166 valence electrons. The summed E-state index contributed by atoms with van der Waals surface area (Å²) in [4.78, 5) is 26.1. The molecule has 1 N–H and O–H groups in total. The minimum absolute atomic E-state index is 0.0888. The van der Waals surface area contributed by atoms with Crippen molar-refractivity contribution in [3.8, 4) is 0 Å². The van der Waals surface area contributed by atoms with Gasteiger partial charge in [0.05, 0.1) is 12.2 Å². The topological polar surface area (TPSA) is 61.4 Å². The molecule has 3 heterocycles. The first-order chi connectivity index (χ1) is 15.0. The van der Waals surface area contributed by atoms with Crippen LogP contribution in [0.15, 0.2) is 24.3 Å². The molecule has 4 rings (SSSR count). The van der Waals surface area contributed by atoms with Crippen LogP contribution in [0, 0.1) is 5.82 Å². The molecule has 7 heteroatoms. The molecule has 1 aromatic carbocycles. The van der Waals surface area contributed by atoms with E-state index in [4.69, 9.17) is 9.97 Å². The number of benzene rings is 1. The molecule has 0 spiro atoms. The molecule has 2 aromatic rings. The number of fused-ring (bicyclic) bond motifs is 1. The molecule has 2 aliphatic rings. The van der Waals surface area contributed by atoms with Crippen LogP contribution in [0.5, 0.6) is 0 Å². The highest BCUT2D eigenvalue weighted by molar-refractivity contribution is 5.74. The van der Waals surface area contributed by atoms with Gasteiger partial charge in [0.1, 0.15) is 17.5 Å². The number of aromatic nitrogens is 2. The SMILES string of the molecule is CC(=O)N1CCc2nc([C@H]3CCCN(C)C3)nc(NCCCc3ccc(F)cc3)c2C1. The number of carbonyl (C=O) groups excluding carboxylic acids is 1. The number of halogens is 1. The van der Waals surface area contributed by atoms with E-state index in [1.54, 1.807) is 6.92 Å². The Morgan fingerprint density at radius 3 is 2.77 bits per heavy atom. The third-order valence-electron chi connectivity index (χ3n) is 6.36. The highest BCUT2D eigenvalue weighted by Crippen LogP contribution is 2.29. The predicted molar refractivity (Wildman–Crippen MR) is 120 cm³/mol. The Labute approximate surface area is 183 Å². The summed E-state index contributed by atoms with van der Waals surface area (Å²) < 4.78 is 13.1. The van der Waals surface area contributed by atoms with E-state index in [2.05, 4.69) is 17.3 Å². The number of aryl methyl sites for hydroxylation is 1. The number of nitrogens with one attached hydrogen (secondary N) is 1. The normalized spacial score (nSPS) is 19.2. The van der Waals surface area contributed by atoms with Gasteiger partial charge in [0.2, 0.25) is 5.91 Å². The molecule has 0 aliphatic carbocycles. The van der Waals surface area contributed by atoms with E-state index >= 15 is 0 Å². The third kappa shape index (κ3) is 5.39. The van der Waals surface area contributed by atoms with Gasteiger partial charge in [0, 0.05) is 44.5 Å². The average Bonchev–Trinajstić information content (AvgIpc) is 2.77. The lowest BCUT2D eigenvalue weighted by atomic mass is 9.96. The standard InChI is InChI=1S/C24H32FN5O/c1-17(31)30-14-11-22-21(16-30)24(26-12-3-5-18-7-9-20(25)10-8-18)28-23(27-22)19-6-4-13-29(2)15-19/h7-10,19H,3-6,11-16H2,1-2H3,(H,26,27,28)/t19-/m0/s1. The first-order valence-electron chi connectivity index (χ1n) is 11.3. The quantitative estimate of drug-likeness (QED) is 0.719. The van der Waals surface area contributed by atoms with E-state index in [-0.39, 0.29) is 11.7 Å². The van der Waals surface area contributed by atoms with Gasteiger partial charge in [-0.2, -0.15) is 0 Å². The Hall–Kier alpha value is -2.54. The monoisotopic (exact) mass is 425 g/mol. The van der Waals surface area contributed by atoms with Gasteiger partial charge < -0.3 is 15.1 Å². The van der Waals surface area contributed by atoms with Crippen LogP contribution in [-0.2, 0) is 24.2 Å². The summed E-state index contributed by atoms with van der Waals surface area (Å²) in [7, 11) is 2.16. The Balaban J connectivity index is 1.49. The molecule has 1 saturated heterocycles. The van der Waals surface area contributed by atoms with E-state index in [1.807, 2.05) is 17.0 Å². The molecule has 1 atom stereocenters. The number of hydrogen-bond donors (Lipinski definition) is 1. The van der Waals surface area contributed by atoms with Crippen molar-refractivity contribution in [1.29, 1.82) is 0 Å². The number of hydrogen-bond acceptors (Lipinski definition) is 5. The van der Waals surface area contributed by atoms with Gasteiger partial charge in [-0.05, 0) is 57.0 Å². The molecule has 0 bridgehead atoms. The number of carbonyl (C=O) groups is 1. The van der Waals surface area contributed by atoms with Gasteiger partial charge in [-0.3, -0.25) is 4.79 Å². The van der Waals surface area contributed by atoms with Crippen LogP contribution in [0.2, 0.25) is 0 Å². The highest BCUT2D eigenvalue weighted by Gasteiger charge is 2.27. The van der Waals surface area contributed by atoms with Crippen molar-refractivity contribution in [2.45, 2.75) is 51.5 Å². The van der Waals surface area contributed by atoms with Crippen LogP contribution in [0.4, 0.5) is 10.2 Å². The fourth-order valence-corrected chi connectivity index (χ4v) is 4.56.